The Labute approximate surface area is 81.9 Å². The van der Waals surface area contributed by atoms with Crippen molar-refractivity contribution in [2.24, 2.45) is 0 Å². The van der Waals surface area contributed by atoms with Gasteiger partial charge < -0.3 is 10.3 Å². The van der Waals surface area contributed by atoms with E-state index in [0.717, 1.165) is 18.7 Å². The first-order valence-electron chi connectivity index (χ1n) is 4.18. The molecule has 72 valence electrons. The summed E-state index contributed by atoms with van der Waals surface area (Å²) < 4.78 is 1.95. The zero-order valence-electron chi connectivity index (χ0n) is 7.69. The van der Waals surface area contributed by atoms with Crippen molar-refractivity contribution >= 4 is 17.4 Å². The maximum Gasteiger partial charge on any atom is 0.204 e. The van der Waals surface area contributed by atoms with E-state index < -0.39 is 0 Å². The van der Waals surface area contributed by atoms with Gasteiger partial charge in [0.25, 0.3) is 0 Å². The predicted octanol–water partition coefficient (Wildman–Crippen LogP) is 1.18. The van der Waals surface area contributed by atoms with Crippen molar-refractivity contribution in [2.45, 2.75) is 13.0 Å². The van der Waals surface area contributed by atoms with Crippen LogP contribution < -0.4 is 11.2 Å². The van der Waals surface area contributed by atoms with E-state index in [2.05, 4.69) is 6.26 Å². The molecule has 1 aromatic heterocycles. The van der Waals surface area contributed by atoms with Crippen molar-refractivity contribution in [1.82, 2.24) is 4.57 Å². The summed E-state index contributed by atoms with van der Waals surface area (Å²) in [5.74, 6) is 1.13. The average molecular weight is 198 g/mol. The molecule has 3 nitrogen and oxygen atoms in total. The third kappa shape index (κ3) is 3.14. The number of hydrogen-bond donors (Lipinski definition) is 1. The number of thioether (sulfide) groups is 1. The maximum absolute atomic E-state index is 11.0. The lowest BCUT2D eigenvalue weighted by atomic mass is 10.4. The van der Waals surface area contributed by atoms with Gasteiger partial charge in [-0.3, -0.25) is 4.79 Å². The molecule has 4 heteroatoms. The molecular formula is C9H14N2OS. The molecule has 0 amide bonds. The largest absolute Gasteiger partial charge is 0.394 e. The van der Waals surface area contributed by atoms with Gasteiger partial charge in [0.15, 0.2) is 0 Å². The number of anilines is 1. The second kappa shape index (κ2) is 4.97. The van der Waals surface area contributed by atoms with Crippen molar-refractivity contribution in [2.75, 3.05) is 17.7 Å². The minimum absolute atomic E-state index is 0.0962. The number of aryl methyl sites for hydroxylation is 1. The van der Waals surface area contributed by atoms with Gasteiger partial charge in [0, 0.05) is 25.0 Å². The normalized spacial score (nSPS) is 10.2. The summed E-state index contributed by atoms with van der Waals surface area (Å²) in [7, 11) is 0. The molecule has 0 spiro atoms. The zero-order chi connectivity index (χ0) is 9.68. The minimum Gasteiger partial charge on any atom is -0.394 e. The van der Waals surface area contributed by atoms with Gasteiger partial charge in [-0.1, -0.05) is 0 Å². The lowest BCUT2D eigenvalue weighted by Gasteiger charge is -2.05. The summed E-state index contributed by atoms with van der Waals surface area (Å²) in [4.78, 5) is 11.0. The third-order valence-electron chi connectivity index (χ3n) is 1.77. The number of nitrogens with zero attached hydrogens (tertiary/aromatic N) is 1. The standard InChI is InChI=1S/C9H14N2OS/c1-13-6-2-4-11-5-3-9(12)8(10)7-11/h3,5,7H,2,4,6,10H2,1H3. The van der Waals surface area contributed by atoms with Crippen molar-refractivity contribution in [3.8, 4) is 0 Å². The van der Waals surface area contributed by atoms with Crippen LogP contribution in [0.3, 0.4) is 0 Å². The first kappa shape index (κ1) is 10.2. The Morgan fingerprint density at radius 1 is 1.62 bits per heavy atom. The van der Waals surface area contributed by atoms with Gasteiger partial charge in [0.2, 0.25) is 5.43 Å². The van der Waals surface area contributed by atoms with Crippen molar-refractivity contribution < 1.29 is 0 Å². The molecule has 0 bridgehead atoms. The van der Waals surface area contributed by atoms with E-state index in [4.69, 9.17) is 5.73 Å². The molecule has 0 aromatic carbocycles. The van der Waals surface area contributed by atoms with Crippen LogP contribution in [0.1, 0.15) is 6.42 Å². The number of hydrogen-bond acceptors (Lipinski definition) is 3. The van der Waals surface area contributed by atoms with Gasteiger partial charge in [-0.2, -0.15) is 11.8 Å². The van der Waals surface area contributed by atoms with Crippen LogP contribution in [0.4, 0.5) is 5.69 Å². The van der Waals surface area contributed by atoms with Crippen LogP contribution in [0.5, 0.6) is 0 Å². The van der Waals surface area contributed by atoms with E-state index >= 15 is 0 Å². The molecule has 0 radical (unpaired) electrons. The van der Waals surface area contributed by atoms with E-state index in [1.54, 1.807) is 12.4 Å². The summed E-state index contributed by atoms with van der Waals surface area (Å²) in [5, 5.41) is 0. The van der Waals surface area contributed by atoms with Gasteiger partial charge in [-0.05, 0) is 18.4 Å². The monoisotopic (exact) mass is 198 g/mol. The highest BCUT2D eigenvalue weighted by molar-refractivity contribution is 7.98. The third-order valence-corrected chi connectivity index (χ3v) is 2.47. The molecule has 0 fully saturated rings. The van der Waals surface area contributed by atoms with Crippen LogP contribution in [-0.4, -0.2) is 16.6 Å². The number of pyridine rings is 1. The van der Waals surface area contributed by atoms with E-state index in [9.17, 15) is 4.79 Å². The molecular weight excluding hydrogens is 184 g/mol. The first-order valence-corrected chi connectivity index (χ1v) is 5.58. The fourth-order valence-electron chi connectivity index (χ4n) is 1.08. The maximum atomic E-state index is 11.0. The molecule has 0 saturated heterocycles. The highest BCUT2D eigenvalue weighted by Crippen LogP contribution is 1.99. The molecule has 0 unspecified atom stereocenters. The number of nitrogen functional groups attached to an aromatic ring is 1. The van der Waals surface area contributed by atoms with Crippen LogP contribution in [0, 0.1) is 0 Å². The summed E-state index contributed by atoms with van der Waals surface area (Å²) in [6.07, 6.45) is 6.66. The highest BCUT2D eigenvalue weighted by atomic mass is 32.2. The second-order valence-electron chi connectivity index (χ2n) is 2.85. The first-order chi connectivity index (χ1) is 6.24. The van der Waals surface area contributed by atoms with Gasteiger partial charge >= 0.3 is 0 Å². The van der Waals surface area contributed by atoms with E-state index in [0.29, 0.717) is 5.69 Å². The van der Waals surface area contributed by atoms with Crippen molar-refractivity contribution in [3.63, 3.8) is 0 Å². The van der Waals surface area contributed by atoms with Crippen LogP contribution in [0.2, 0.25) is 0 Å². The number of aromatic nitrogens is 1. The Kier molecular flexibility index (Phi) is 3.89. The average Bonchev–Trinajstić information content (AvgIpc) is 2.12. The van der Waals surface area contributed by atoms with Crippen molar-refractivity contribution in [3.05, 3.63) is 28.7 Å². The molecule has 0 atom stereocenters. The smallest absolute Gasteiger partial charge is 0.204 e. The van der Waals surface area contributed by atoms with Crippen LogP contribution in [0.25, 0.3) is 0 Å². The molecule has 0 saturated carbocycles. The Bertz CT molecular complexity index is 322. The van der Waals surface area contributed by atoms with Gasteiger partial charge in [0.05, 0.1) is 5.69 Å². The lowest BCUT2D eigenvalue weighted by molar-refractivity contribution is 0.680. The summed E-state index contributed by atoms with van der Waals surface area (Å²) in [5.41, 5.74) is 5.72. The zero-order valence-corrected chi connectivity index (χ0v) is 8.51. The van der Waals surface area contributed by atoms with E-state index in [-0.39, 0.29) is 5.43 Å². The minimum atomic E-state index is -0.0962. The van der Waals surface area contributed by atoms with Crippen LogP contribution in [-0.2, 0) is 6.54 Å². The van der Waals surface area contributed by atoms with E-state index in [1.807, 2.05) is 16.3 Å². The molecule has 1 heterocycles. The molecule has 0 aliphatic rings. The Hall–Kier alpha value is -0.900. The summed E-state index contributed by atoms with van der Waals surface area (Å²) >= 11 is 1.82. The van der Waals surface area contributed by atoms with Gasteiger partial charge in [0.1, 0.15) is 0 Å². The fraction of sp³-hybridized carbons (Fsp3) is 0.444. The van der Waals surface area contributed by atoms with E-state index in [1.165, 1.54) is 6.07 Å². The molecule has 13 heavy (non-hydrogen) atoms. The summed E-state index contributed by atoms with van der Waals surface area (Å²) in [6.45, 7) is 0.922. The fourth-order valence-corrected chi connectivity index (χ4v) is 1.49. The van der Waals surface area contributed by atoms with Crippen LogP contribution >= 0.6 is 11.8 Å². The topological polar surface area (TPSA) is 48.0 Å². The quantitative estimate of drug-likeness (QED) is 0.739. The van der Waals surface area contributed by atoms with Crippen LogP contribution in [0.15, 0.2) is 23.3 Å². The second-order valence-corrected chi connectivity index (χ2v) is 3.83. The lowest BCUT2D eigenvalue weighted by Crippen LogP contribution is -2.11. The summed E-state index contributed by atoms with van der Waals surface area (Å²) in [6, 6.07) is 1.51. The molecule has 1 aromatic rings. The number of nitrogens with two attached hydrogens (primary N) is 1. The van der Waals surface area contributed by atoms with Crippen molar-refractivity contribution in [1.29, 1.82) is 0 Å². The highest BCUT2D eigenvalue weighted by Gasteiger charge is 1.94. The predicted molar refractivity (Wildman–Crippen MR) is 58.1 cm³/mol. The van der Waals surface area contributed by atoms with Gasteiger partial charge in [-0.15, -0.1) is 0 Å². The van der Waals surface area contributed by atoms with Gasteiger partial charge in [-0.25, -0.2) is 0 Å². The Morgan fingerprint density at radius 3 is 3.00 bits per heavy atom. The number of rotatable bonds is 4. The molecule has 1 rings (SSSR count). The Balaban J connectivity index is 2.58. The molecule has 0 aliphatic heterocycles. The molecule has 0 aliphatic carbocycles. The Morgan fingerprint density at radius 2 is 2.38 bits per heavy atom. The SMILES string of the molecule is CSCCCn1ccc(=O)c(N)c1. The molecule has 2 N–H and O–H groups in total.